The van der Waals surface area contributed by atoms with Crippen molar-refractivity contribution in [3.8, 4) is 10.6 Å². The molecule has 0 saturated heterocycles. The minimum atomic E-state index is -0.305. The van der Waals surface area contributed by atoms with Gasteiger partial charge in [0, 0.05) is 16.2 Å². The first-order valence-corrected chi connectivity index (χ1v) is 5.82. The average molecular weight is 288 g/mol. The van der Waals surface area contributed by atoms with Gasteiger partial charge in [0.2, 0.25) is 0 Å². The van der Waals surface area contributed by atoms with Crippen molar-refractivity contribution < 1.29 is 9.50 Å². The number of nitrogens with zero attached hydrogens (tertiary/aromatic N) is 1. The van der Waals surface area contributed by atoms with E-state index in [0.29, 0.717) is 15.0 Å². The molecule has 1 aromatic heterocycles. The summed E-state index contributed by atoms with van der Waals surface area (Å²) in [5, 5.41) is 9.60. The lowest BCUT2D eigenvalue weighted by Gasteiger charge is -1.97. The summed E-state index contributed by atoms with van der Waals surface area (Å²) in [6.07, 6.45) is 1.60. The van der Waals surface area contributed by atoms with Crippen LogP contribution in [0.5, 0.6) is 0 Å². The van der Waals surface area contributed by atoms with Gasteiger partial charge in [0.1, 0.15) is 10.8 Å². The molecule has 0 aliphatic carbocycles. The number of rotatable bonds is 2. The third-order valence-corrected chi connectivity index (χ3v) is 3.31. The highest BCUT2D eigenvalue weighted by Crippen LogP contribution is 2.28. The van der Waals surface area contributed by atoms with Crippen LogP contribution in [0.25, 0.3) is 10.6 Å². The molecule has 0 bridgehead atoms. The van der Waals surface area contributed by atoms with Gasteiger partial charge in [-0.1, -0.05) is 15.9 Å². The Labute approximate surface area is 98.5 Å². The number of benzene rings is 1. The van der Waals surface area contributed by atoms with E-state index in [9.17, 15) is 4.39 Å². The van der Waals surface area contributed by atoms with Gasteiger partial charge < -0.3 is 5.11 Å². The smallest absolute Gasteiger partial charge is 0.125 e. The van der Waals surface area contributed by atoms with E-state index in [0.717, 1.165) is 4.88 Å². The Morgan fingerprint density at radius 2 is 2.20 bits per heavy atom. The van der Waals surface area contributed by atoms with Crippen molar-refractivity contribution in [3.63, 3.8) is 0 Å². The Morgan fingerprint density at radius 1 is 1.40 bits per heavy atom. The van der Waals surface area contributed by atoms with Crippen LogP contribution in [0.15, 0.2) is 28.9 Å². The van der Waals surface area contributed by atoms with Crippen molar-refractivity contribution in [2.24, 2.45) is 0 Å². The van der Waals surface area contributed by atoms with Crippen molar-refractivity contribution in [1.29, 1.82) is 0 Å². The Balaban J connectivity index is 2.44. The molecule has 1 N–H and O–H groups in total. The van der Waals surface area contributed by atoms with E-state index in [1.807, 2.05) is 0 Å². The van der Waals surface area contributed by atoms with Crippen molar-refractivity contribution in [3.05, 3.63) is 39.6 Å². The number of halogens is 2. The SMILES string of the molecule is OCc1cnc(-c2cc(F)cc(Br)c2)s1. The number of hydrogen-bond donors (Lipinski definition) is 1. The Kier molecular flexibility index (Phi) is 3.14. The summed E-state index contributed by atoms with van der Waals surface area (Å²) in [4.78, 5) is 4.88. The lowest BCUT2D eigenvalue weighted by molar-refractivity contribution is 0.285. The molecule has 0 saturated carbocycles. The average Bonchev–Trinajstić information content (AvgIpc) is 2.64. The summed E-state index contributed by atoms with van der Waals surface area (Å²) in [6, 6.07) is 4.61. The fraction of sp³-hybridized carbons (Fsp3) is 0.100. The lowest BCUT2D eigenvalue weighted by atomic mass is 10.2. The lowest BCUT2D eigenvalue weighted by Crippen LogP contribution is -1.79. The third-order valence-electron chi connectivity index (χ3n) is 1.82. The van der Waals surface area contributed by atoms with E-state index in [1.165, 1.54) is 23.5 Å². The molecule has 5 heteroatoms. The standard InChI is InChI=1S/C10H7BrFNOS/c11-7-1-6(2-8(12)3-7)10-13-4-9(5-14)15-10/h1-4,14H,5H2. The molecule has 1 heterocycles. The van der Waals surface area contributed by atoms with Crippen LogP contribution in [0.1, 0.15) is 4.88 Å². The summed E-state index contributed by atoms with van der Waals surface area (Å²) in [5.41, 5.74) is 0.714. The maximum absolute atomic E-state index is 13.1. The molecule has 2 aromatic rings. The Hall–Kier alpha value is -0.780. The van der Waals surface area contributed by atoms with Gasteiger partial charge in [-0.15, -0.1) is 11.3 Å². The summed E-state index contributed by atoms with van der Waals surface area (Å²) < 4.78 is 13.8. The van der Waals surface area contributed by atoms with Crippen LogP contribution in [0, 0.1) is 5.82 Å². The molecule has 0 atom stereocenters. The molecular formula is C10H7BrFNOS. The molecule has 0 aliphatic rings. The van der Waals surface area contributed by atoms with Gasteiger partial charge in [-0.05, 0) is 18.2 Å². The molecule has 2 nitrogen and oxygen atoms in total. The highest BCUT2D eigenvalue weighted by molar-refractivity contribution is 9.10. The third kappa shape index (κ3) is 2.42. The number of aliphatic hydroxyl groups is 1. The van der Waals surface area contributed by atoms with Crippen LogP contribution in [-0.4, -0.2) is 10.1 Å². The molecular weight excluding hydrogens is 281 g/mol. The largest absolute Gasteiger partial charge is 0.391 e. The highest BCUT2D eigenvalue weighted by atomic mass is 79.9. The Morgan fingerprint density at radius 3 is 2.80 bits per heavy atom. The molecule has 0 spiro atoms. The van der Waals surface area contributed by atoms with Crippen molar-refractivity contribution >= 4 is 27.3 Å². The minimum Gasteiger partial charge on any atom is -0.391 e. The summed E-state index contributed by atoms with van der Waals surface area (Å²) in [5.74, 6) is -0.305. The number of hydrogen-bond acceptors (Lipinski definition) is 3. The second-order valence-corrected chi connectivity index (χ2v) is 4.98. The molecule has 78 valence electrons. The quantitative estimate of drug-likeness (QED) is 0.920. The molecule has 0 amide bonds. The van der Waals surface area contributed by atoms with E-state index < -0.39 is 0 Å². The van der Waals surface area contributed by atoms with E-state index in [-0.39, 0.29) is 12.4 Å². The first-order chi connectivity index (χ1) is 7.19. The zero-order valence-corrected chi connectivity index (χ0v) is 9.98. The number of aliphatic hydroxyl groups excluding tert-OH is 1. The Bertz CT molecular complexity index is 466. The predicted octanol–water partition coefficient (Wildman–Crippen LogP) is 3.20. The molecule has 0 unspecified atom stereocenters. The van der Waals surface area contributed by atoms with Crippen LogP contribution < -0.4 is 0 Å². The first kappa shape index (κ1) is 10.7. The predicted molar refractivity (Wildman–Crippen MR) is 61.1 cm³/mol. The fourth-order valence-corrected chi connectivity index (χ4v) is 2.42. The monoisotopic (exact) mass is 287 g/mol. The van der Waals surface area contributed by atoms with Gasteiger partial charge >= 0.3 is 0 Å². The van der Waals surface area contributed by atoms with Crippen LogP contribution in [-0.2, 0) is 6.61 Å². The van der Waals surface area contributed by atoms with Crippen LogP contribution in [0.2, 0.25) is 0 Å². The van der Waals surface area contributed by atoms with E-state index in [1.54, 1.807) is 12.3 Å². The van der Waals surface area contributed by atoms with Gasteiger partial charge in [0.05, 0.1) is 11.5 Å². The van der Waals surface area contributed by atoms with Crippen molar-refractivity contribution in [1.82, 2.24) is 4.98 Å². The van der Waals surface area contributed by atoms with Crippen LogP contribution in [0.4, 0.5) is 4.39 Å². The van der Waals surface area contributed by atoms with Crippen molar-refractivity contribution in [2.45, 2.75) is 6.61 Å². The second kappa shape index (κ2) is 4.38. The van der Waals surface area contributed by atoms with Crippen LogP contribution in [0.3, 0.4) is 0 Å². The summed E-state index contributed by atoms with van der Waals surface area (Å²) >= 11 is 4.58. The van der Waals surface area contributed by atoms with Crippen molar-refractivity contribution in [2.75, 3.05) is 0 Å². The fourth-order valence-electron chi connectivity index (χ4n) is 1.19. The molecule has 1 aromatic carbocycles. The second-order valence-electron chi connectivity index (χ2n) is 2.95. The summed E-state index contributed by atoms with van der Waals surface area (Å²) in [7, 11) is 0. The highest BCUT2D eigenvalue weighted by Gasteiger charge is 2.06. The molecule has 0 aliphatic heterocycles. The maximum Gasteiger partial charge on any atom is 0.125 e. The van der Waals surface area contributed by atoms with E-state index >= 15 is 0 Å². The molecule has 15 heavy (non-hydrogen) atoms. The number of aromatic nitrogens is 1. The normalized spacial score (nSPS) is 10.6. The zero-order valence-electron chi connectivity index (χ0n) is 7.58. The topological polar surface area (TPSA) is 33.1 Å². The van der Waals surface area contributed by atoms with Crippen LogP contribution >= 0.6 is 27.3 Å². The summed E-state index contributed by atoms with van der Waals surface area (Å²) in [6.45, 7) is -0.0336. The minimum absolute atomic E-state index is 0.0336. The van der Waals surface area contributed by atoms with Gasteiger partial charge in [-0.25, -0.2) is 9.37 Å². The first-order valence-electron chi connectivity index (χ1n) is 4.21. The van der Waals surface area contributed by atoms with Gasteiger partial charge in [-0.2, -0.15) is 0 Å². The van der Waals surface area contributed by atoms with E-state index in [2.05, 4.69) is 20.9 Å². The maximum atomic E-state index is 13.1. The van der Waals surface area contributed by atoms with Gasteiger partial charge in [-0.3, -0.25) is 0 Å². The molecule has 2 rings (SSSR count). The zero-order chi connectivity index (χ0) is 10.8. The van der Waals surface area contributed by atoms with E-state index in [4.69, 9.17) is 5.11 Å². The molecule has 0 fully saturated rings. The van der Waals surface area contributed by atoms with Gasteiger partial charge in [0.15, 0.2) is 0 Å². The number of thiazole rings is 1. The van der Waals surface area contributed by atoms with Gasteiger partial charge in [0.25, 0.3) is 0 Å². The molecule has 0 radical (unpaired) electrons.